The maximum atomic E-state index is 12.3. The van der Waals surface area contributed by atoms with E-state index in [9.17, 15) is 4.79 Å². The number of aromatic nitrogens is 1. The summed E-state index contributed by atoms with van der Waals surface area (Å²) in [7, 11) is 1.95. The summed E-state index contributed by atoms with van der Waals surface area (Å²) in [6.45, 7) is 4.40. The van der Waals surface area contributed by atoms with Gasteiger partial charge in [0.25, 0.3) is 0 Å². The number of rotatable bonds is 7. The van der Waals surface area contributed by atoms with Crippen LogP contribution in [-0.2, 0) is 17.9 Å². The van der Waals surface area contributed by atoms with E-state index in [-0.39, 0.29) is 5.91 Å². The summed E-state index contributed by atoms with van der Waals surface area (Å²) in [5.74, 6) is 0.00915. The van der Waals surface area contributed by atoms with Crippen molar-refractivity contribution in [3.63, 3.8) is 0 Å². The zero-order valence-electron chi connectivity index (χ0n) is 14.8. The topological polar surface area (TPSA) is 48.5 Å². The van der Waals surface area contributed by atoms with Crippen LogP contribution < -0.4 is 5.32 Å². The lowest BCUT2D eigenvalue weighted by Gasteiger charge is -2.17. The molecule has 0 saturated carbocycles. The third kappa shape index (κ3) is 5.66. The molecule has 2 heterocycles. The fraction of sp³-hybridized carbons (Fsp3) is 0.400. The fourth-order valence-corrected chi connectivity index (χ4v) is 3.25. The van der Waals surface area contributed by atoms with Gasteiger partial charge in [-0.1, -0.05) is 12.1 Å². The molecule has 3 rings (SSSR count). The molecule has 1 N–H and O–H groups in total. The van der Waals surface area contributed by atoms with Crippen molar-refractivity contribution in [2.24, 2.45) is 0 Å². The van der Waals surface area contributed by atoms with Gasteiger partial charge in [0.05, 0.1) is 6.54 Å². The van der Waals surface area contributed by atoms with Gasteiger partial charge in [0.2, 0.25) is 5.91 Å². The summed E-state index contributed by atoms with van der Waals surface area (Å²) in [6, 6.07) is 12.1. The minimum Gasteiger partial charge on any atom is -0.325 e. The van der Waals surface area contributed by atoms with Gasteiger partial charge in [0, 0.05) is 31.2 Å². The average molecular weight is 338 g/mol. The molecule has 2 aromatic rings. The SMILES string of the molecule is CN(CC(=O)Nc1cccc(CN2CCCC2)c1)Cc1ccncc1. The lowest BCUT2D eigenvalue weighted by molar-refractivity contribution is -0.117. The molecule has 0 spiro atoms. The van der Waals surface area contributed by atoms with Crippen LogP contribution in [0.3, 0.4) is 0 Å². The Morgan fingerprint density at radius 2 is 1.92 bits per heavy atom. The van der Waals surface area contributed by atoms with E-state index in [1.165, 1.54) is 31.5 Å². The largest absolute Gasteiger partial charge is 0.325 e. The van der Waals surface area contributed by atoms with Gasteiger partial charge in [-0.3, -0.25) is 19.6 Å². The highest BCUT2D eigenvalue weighted by Crippen LogP contribution is 2.16. The molecule has 0 radical (unpaired) electrons. The highest BCUT2D eigenvalue weighted by atomic mass is 16.2. The molecule has 1 fully saturated rings. The van der Waals surface area contributed by atoms with Crippen molar-refractivity contribution in [1.29, 1.82) is 0 Å². The zero-order valence-corrected chi connectivity index (χ0v) is 14.8. The highest BCUT2D eigenvalue weighted by Gasteiger charge is 2.12. The first kappa shape index (κ1) is 17.6. The summed E-state index contributed by atoms with van der Waals surface area (Å²) in [5, 5.41) is 3.01. The number of carbonyl (C=O) groups excluding carboxylic acids is 1. The summed E-state index contributed by atoms with van der Waals surface area (Å²) in [5.41, 5.74) is 3.28. The molecule has 1 aromatic heterocycles. The summed E-state index contributed by atoms with van der Waals surface area (Å²) in [4.78, 5) is 20.8. The number of carbonyl (C=O) groups is 1. The zero-order chi connectivity index (χ0) is 17.5. The number of nitrogens with zero attached hydrogens (tertiary/aromatic N) is 3. The number of nitrogens with one attached hydrogen (secondary N) is 1. The molecule has 1 amide bonds. The van der Waals surface area contributed by atoms with Crippen molar-refractivity contribution in [2.45, 2.75) is 25.9 Å². The number of benzene rings is 1. The maximum Gasteiger partial charge on any atom is 0.238 e. The van der Waals surface area contributed by atoms with E-state index in [1.54, 1.807) is 12.4 Å². The number of anilines is 1. The van der Waals surface area contributed by atoms with Crippen LogP contribution >= 0.6 is 0 Å². The second kappa shape index (κ2) is 8.74. The standard InChI is InChI=1S/C20H26N4O/c1-23(14-17-7-9-21-10-8-17)16-20(25)22-19-6-4-5-18(13-19)15-24-11-2-3-12-24/h4-10,13H,2-3,11-12,14-16H2,1H3,(H,22,25). The van der Waals surface area contributed by atoms with Gasteiger partial charge in [-0.05, 0) is 68.4 Å². The summed E-state index contributed by atoms with van der Waals surface area (Å²) in [6.07, 6.45) is 6.13. The Kier molecular flexibility index (Phi) is 6.14. The highest BCUT2D eigenvalue weighted by molar-refractivity contribution is 5.92. The van der Waals surface area contributed by atoms with E-state index in [0.717, 1.165) is 24.3 Å². The van der Waals surface area contributed by atoms with Gasteiger partial charge < -0.3 is 5.32 Å². The molecule has 1 aromatic carbocycles. The van der Waals surface area contributed by atoms with E-state index in [4.69, 9.17) is 0 Å². The van der Waals surface area contributed by atoms with Crippen molar-refractivity contribution >= 4 is 11.6 Å². The lowest BCUT2D eigenvalue weighted by Crippen LogP contribution is -2.29. The van der Waals surface area contributed by atoms with Crippen molar-refractivity contribution in [3.05, 3.63) is 59.9 Å². The number of hydrogen-bond donors (Lipinski definition) is 1. The minimum atomic E-state index is 0.00915. The molecule has 132 valence electrons. The van der Waals surface area contributed by atoms with E-state index < -0.39 is 0 Å². The molecular weight excluding hydrogens is 312 g/mol. The van der Waals surface area contributed by atoms with Crippen LogP contribution in [0.4, 0.5) is 5.69 Å². The Balaban J connectivity index is 1.50. The van der Waals surface area contributed by atoms with Crippen LogP contribution in [-0.4, -0.2) is 47.4 Å². The number of likely N-dealkylation sites (N-methyl/N-ethyl adjacent to an activating group) is 1. The number of likely N-dealkylation sites (tertiary alicyclic amines) is 1. The first-order chi connectivity index (χ1) is 12.2. The Bertz CT molecular complexity index is 683. The van der Waals surface area contributed by atoms with Gasteiger partial charge in [0.1, 0.15) is 0 Å². The molecule has 0 atom stereocenters. The smallest absolute Gasteiger partial charge is 0.238 e. The molecule has 1 saturated heterocycles. The monoisotopic (exact) mass is 338 g/mol. The van der Waals surface area contributed by atoms with E-state index >= 15 is 0 Å². The van der Waals surface area contributed by atoms with Crippen LogP contribution in [0, 0.1) is 0 Å². The quantitative estimate of drug-likeness (QED) is 0.843. The van der Waals surface area contributed by atoms with E-state index in [0.29, 0.717) is 6.54 Å². The number of pyridine rings is 1. The molecule has 0 aliphatic carbocycles. The van der Waals surface area contributed by atoms with Crippen LogP contribution in [0.2, 0.25) is 0 Å². The molecule has 1 aliphatic heterocycles. The first-order valence-corrected chi connectivity index (χ1v) is 8.87. The average Bonchev–Trinajstić information content (AvgIpc) is 3.08. The lowest BCUT2D eigenvalue weighted by atomic mass is 10.2. The maximum absolute atomic E-state index is 12.3. The molecule has 5 nitrogen and oxygen atoms in total. The van der Waals surface area contributed by atoms with Gasteiger partial charge in [-0.15, -0.1) is 0 Å². The Morgan fingerprint density at radius 3 is 2.68 bits per heavy atom. The van der Waals surface area contributed by atoms with Crippen molar-refractivity contribution in [2.75, 3.05) is 32.0 Å². The van der Waals surface area contributed by atoms with Gasteiger partial charge in [0.15, 0.2) is 0 Å². The molecule has 0 bridgehead atoms. The predicted octanol–water partition coefficient (Wildman–Crippen LogP) is 2.75. The summed E-state index contributed by atoms with van der Waals surface area (Å²) < 4.78 is 0. The van der Waals surface area contributed by atoms with Crippen molar-refractivity contribution in [1.82, 2.24) is 14.8 Å². The van der Waals surface area contributed by atoms with Crippen LogP contribution in [0.15, 0.2) is 48.8 Å². The molecule has 25 heavy (non-hydrogen) atoms. The Morgan fingerprint density at radius 1 is 1.16 bits per heavy atom. The third-order valence-electron chi connectivity index (χ3n) is 4.43. The number of hydrogen-bond acceptors (Lipinski definition) is 4. The Labute approximate surface area is 149 Å². The molecule has 0 unspecified atom stereocenters. The van der Waals surface area contributed by atoms with Gasteiger partial charge in [-0.2, -0.15) is 0 Å². The van der Waals surface area contributed by atoms with E-state index in [2.05, 4.69) is 27.3 Å². The van der Waals surface area contributed by atoms with Crippen LogP contribution in [0.1, 0.15) is 24.0 Å². The molecule has 1 aliphatic rings. The molecular formula is C20H26N4O. The third-order valence-corrected chi connectivity index (χ3v) is 4.43. The second-order valence-electron chi connectivity index (χ2n) is 6.76. The van der Waals surface area contributed by atoms with Crippen molar-refractivity contribution < 1.29 is 4.79 Å². The predicted molar refractivity (Wildman–Crippen MR) is 100 cm³/mol. The van der Waals surface area contributed by atoms with Crippen molar-refractivity contribution in [3.8, 4) is 0 Å². The molecule has 5 heteroatoms. The van der Waals surface area contributed by atoms with Gasteiger partial charge >= 0.3 is 0 Å². The van der Waals surface area contributed by atoms with Gasteiger partial charge in [-0.25, -0.2) is 0 Å². The second-order valence-corrected chi connectivity index (χ2v) is 6.76. The fourth-order valence-electron chi connectivity index (χ4n) is 3.25. The number of amides is 1. The summed E-state index contributed by atoms with van der Waals surface area (Å²) >= 11 is 0. The van der Waals surface area contributed by atoms with Crippen LogP contribution in [0.5, 0.6) is 0 Å². The normalized spacial score (nSPS) is 14.8. The van der Waals surface area contributed by atoms with E-state index in [1.807, 2.05) is 36.2 Å². The minimum absolute atomic E-state index is 0.00915. The first-order valence-electron chi connectivity index (χ1n) is 8.87. The Hall–Kier alpha value is -2.24. The van der Waals surface area contributed by atoms with Crippen LogP contribution in [0.25, 0.3) is 0 Å².